The third kappa shape index (κ3) is 2.30. The monoisotopic (exact) mass is 242 g/mol. The molecule has 1 heterocycles. The van der Waals surface area contributed by atoms with E-state index in [1.807, 2.05) is 18.2 Å². The van der Waals surface area contributed by atoms with Gasteiger partial charge in [0.25, 0.3) is 0 Å². The summed E-state index contributed by atoms with van der Waals surface area (Å²) in [5.74, 6) is 1.52. The number of furan rings is 1. The molecule has 0 N–H and O–H groups in total. The van der Waals surface area contributed by atoms with Crippen LogP contribution in [0.1, 0.15) is 23.2 Å². The first-order valence-electron chi connectivity index (χ1n) is 6.11. The fourth-order valence-corrected chi connectivity index (χ4v) is 1.89. The molecule has 0 spiro atoms. The number of ether oxygens (including phenoxy) is 1. The number of carbonyl (C=O) groups excluding carboxylic acids is 1. The topological polar surface area (TPSA) is 39.4 Å². The smallest absolute Gasteiger partial charge is 0.150 e. The number of hydrogen-bond acceptors (Lipinski definition) is 3. The van der Waals surface area contributed by atoms with E-state index in [0.29, 0.717) is 11.5 Å². The normalized spacial score (nSPS) is 14.4. The lowest BCUT2D eigenvalue weighted by Crippen LogP contribution is -1.99. The largest absolute Gasteiger partial charge is 0.493 e. The van der Waals surface area contributed by atoms with Crippen LogP contribution in [-0.4, -0.2) is 12.9 Å². The summed E-state index contributed by atoms with van der Waals surface area (Å²) in [4.78, 5) is 11.0. The highest BCUT2D eigenvalue weighted by atomic mass is 16.5. The van der Waals surface area contributed by atoms with Crippen LogP contribution in [0.4, 0.5) is 0 Å². The van der Waals surface area contributed by atoms with E-state index in [1.165, 1.54) is 12.8 Å². The van der Waals surface area contributed by atoms with Gasteiger partial charge in [0.05, 0.1) is 19.1 Å². The van der Waals surface area contributed by atoms with Crippen LogP contribution >= 0.6 is 0 Å². The molecule has 0 radical (unpaired) electrons. The second kappa shape index (κ2) is 4.69. The molecule has 3 nitrogen and oxygen atoms in total. The molecule has 0 amide bonds. The van der Waals surface area contributed by atoms with Gasteiger partial charge < -0.3 is 9.15 Å². The lowest BCUT2D eigenvalue weighted by atomic mass is 10.0. The predicted molar refractivity (Wildman–Crippen MR) is 67.8 cm³/mol. The first-order valence-corrected chi connectivity index (χ1v) is 6.11. The van der Waals surface area contributed by atoms with Gasteiger partial charge in [-0.15, -0.1) is 0 Å². The molecule has 0 bridgehead atoms. The van der Waals surface area contributed by atoms with Crippen molar-refractivity contribution in [3.8, 4) is 16.9 Å². The number of hydrogen-bond donors (Lipinski definition) is 0. The van der Waals surface area contributed by atoms with Crippen LogP contribution in [-0.2, 0) is 0 Å². The highest BCUT2D eigenvalue weighted by Gasteiger charge is 2.22. The molecule has 3 heteroatoms. The zero-order chi connectivity index (χ0) is 12.4. The van der Waals surface area contributed by atoms with Gasteiger partial charge in [0.2, 0.25) is 0 Å². The summed E-state index contributed by atoms with van der Waals surface area (Å²) >= 11 is 0. The van der Waals surface area contributed by atoms with Crippen LogP contribution in [0.25, 0.3) is 11.1 Å². The minimum atomic E-state index is 0.648. The summed E-state index contributed by atoms with van der Waals surface area (Å²) in [5, 5.41) is 0. The molecule has 1 fully saturated rings. The molecule has 0 saturated heterocycles. The Balaban J connectivity index is 1.88. The zero-order valence-corrected chi connectivity index (χ0v) is 9.96. The lowest BCUT2D eigenvalue weighted by molar-refractivity contribution is 0.112. The Hall–Kier alpha value is -2.03. The standard InChI is InChI=1S/C15H14O3/c16-8-12-3-4-14(18-9-11-1-2-11)7-15(12)13-5-6-17-10-13/h3-8,10-11H,1-2,9H2. The Morgan fingerprint density at radius 1 is 1.33 bits per heavy atom. The average molecular weight is 242 g/mol. The molecule has 3 rings (SSSR count). The van der Waals surface area contributed by atoms with Gasteiger partial charge >= 0.3 is 0 Å². The minimum absolute atomic E-state index is 0.648. The SMILES string of the molecule is O=Cc1ccc(OCC2CC2)cc1-c1ccoc1. The van der Waals surface area contributed by atoms with Gasteiger partial charge in [-0.25, -0.2) is 0 Å². The Morgan fingerprint density at radius 2 is 2.22 bits per heavy atom. The maximum atomic E-state index is 11.0. The third-order valence-electron chi connectivity index (χ3n) is 3.17. The first-order chi connectivity index (χ1) is 8.86. The summed E-state index contributed by atoms with van der Waals surface area (Å²) in [6.07, 6.45) is 6.61. The van der Waals surface area contributed by atoms with Gasteiger partial charge in [-0.2, -0.15) is 0 Å². The molecule has 1 aromatic heterocycles. The maximum absolute atomic E-state index is 11.0. The second-order valence-electron chi connectivity index (χ2n) is 4.63. The molecule has 92 valence electrons. The Kier molecular flexibility index (Phi) is 2.89. The Bertz CT molecular complexity index is 539. The summed E-state index contributed by atoms with van der Waals surface area (Å²) in [6, 6.07) is 7.37. The molecular weight excluding hydrogens is 228 g/mol. The van der Waals surface area contributed by atoms with Gasteiger partial charge in [0.15, 0.2) is 6.29 Å². The van der Waals surface area contributed by atoms with Crippen molar-refractivity contribution < 1.29 is 13.9 Å². The van der Waals surface area contributed by atoms with Crippen molar-refractivity contribution in [3.05, 3.63) is 42.4 Å². The summed E-state index contributed by atoms with van der Waals surface area (Å²) in [5.41, 5.74) is 2.40. The average Bonchev–Trinajstić information content (AvgIpc) is 3.08. The highest BCUT2D eigenvalue weighted by molar-refractivity contribution is 5.87. The van der Waals surface area contributed by atoms with Gasteiger partial charge in [-0.3, -0.25) is 4.79 Å². The molecule has 1 aliphatic rings. The molecule has 0 aliphatic heterocycles. The molecule has 1 aliphatic carbocycles. The van der Waals surface area contributed by atoms with Crippen molar-refractivity contribution >= 4 is 6.29 Å². The van der Waals surface area contributed by atoms with Crippen LogP contribution < -0.4 is 4.74 Å². The van der Waals surface area contributed by atoms with Crippen LogP contribution in [0, 0.1) is 5.92 Å². The first kappa shape index (κ1) is 11.1. The third-order valence-corrected chi connectivity index (χ3v) is 3.17. The Labute approximate surface area is 105 Å². The number of benzene rings is 1. The molecule has 1 saturated carbocycles. The van der Waals surface area contributed by atoms with Gasteiger partial charge in [0, 0.05) is 11.1 Å². The van der Waals surface area contributed by atoms with E-state index in [0.717, 1.165) is 29.8 Å². The molecule has 0 unspecified atom stereocenters. The molecule has 2 aromatic rings. The van der Waals surface area contributed by atoms with Crippen LogP contribution in [0.15, 0.2) is 41.2 Å². The summed E-state index contributed by atoms with van der Waals surface area (Å²) in [6.45, 7) is 0.769. The van der Waals surface area contributed by atoms with Crippen LogP contribution in [0.2, 0.25) is 0 Å². The van der Waals surface area contributed by atoms with Crippen molar-refractivity contribution in [1.82, 2.24) is 0 Å². The molecule has 18 heavy (non-hydrogen) atoms. The minimum Gasteiger partial charge on any atom is -0.493 e. The highest BCUT2D eigenvalue weighted by Crippen LogP contribution is 2.31. The maximum Gasteiger partial charge on any atom is 0.150 e. The van der Waals surface area contributed by atoms with E-state index in [2.05, 4.69) is 0 Å². The fourth-order valence-electron chi connectivity index (χ4n) is 1.89. The van der Waals surface area contributed by atoms with E-state index in [4.69, 9.17) is 9.15 Å². The van der Waals surface area contributed by atoms with Crippen molar-refractivity contribution in [2.75, 3.05) is 6.61 Å². The van der Waals surface area contributed by atoms with Gasteiger partial charge in [-0.1, -0.05) is 0 Å². The number of rotatable bonds is 5. The predicted octanol–water partition coefficient (Wildman–Crippen LogP) is 3.55. The van der Waals surface area contributed by atoms with E-state index >= 15 is 0 Å². The van der Waals surface area contributed by atoms with Gasteiger partial charge in [0.1, 0.15) is 5.75 Å². The van der Waals surface area contributed by atoms with Crippen molar-refractivity contribution in [2.45, 2.75) is 12.8 Å². The molecular formula is C15H14O3. The van der Waals surface area contributed by atoms with Crippen molar-refractivity contribution in [2.24, 2.45) is 5.92 Å². The quantitative estimate of drug-likeness (QED) is 0.753. The number of aldehydes is 1. The van der Waals surface area contributed by atoms with E-state index in [1.54, 1.807) is 18.6 Å². The van der Waals surface area contributed by atoms with E-state index < -0.39 is 0 Å². The van der Waals surface area contributed by atoms with Crippen molar-refractivity contribution in [3.63, 3.8) is 0 Å². The fraction of sp³-hybridized carbons (Fsp3) is 0.267. The Morgan fingerprint density at radius 3 is 2.89 bits per heavy atom. The summed E-state index contributed by atoms with van der Waals surface area (Å²) in [7, 11) is 0. The molecule has 0 atom stereocenters. The van der Waals surface area contributed by atoms with Crippen molar-refractivity contribution in [1.29, 1.82) is 0 Å². The van der Waals surface area contributed by atoms with Crippen LogP contribution in [0.5, 0.6) is 5.75 Å². The second-order valence-corrected chi connectivity index (χ2v) is 4.63. The zero-order valence-electron chi connectivity index (χ0n) is 9.96. The van der Waals surface area contributed by atoms with E-state index in [-0.39, 0.29) is 0 Å². The number of carbonyl (C=O) groups is 1. The summed E-state index contributed by atoms with van der Waals surface area (Å²) < 4.78 is 10.8. The van der Waals surface area contributed by atoms with E-state index in [9.17, 15) is 4.79 Å². The lowest BCUT2D eigenvalue weighted by Gasteiger charge is -2.08. The van der Waals surface area contributed by atoms with Gasteiger partial charge in [-0.05, 0) is 48.6 Å². The molecule has 1 aromatic carbocycles. The van der Waals surface area contributed by atoms with Crippen LogP contribution in [0.3, 0.4) is 0 Å².